The molecule has 2 atom stereocenters. The van der Waals surface area contributed by atoms with E-state index in [9.17, 15) is 19.2 Å². The van der Waals surface area contributed by atoms with Crippen molar-refractivity contribution in [3.8, 4) is 5.75 Å². The number of ether oxygens (including phenoxy) is 3. The minimum Gasteiger partial charge on any atom is -0.489 e. The summed E-state index contributed by atoms with van der Waals surface area (Å²) in [6.07, 6.45) is -0.0731. The minimum absolute atomic E-state index is 0.00594. The van der Waals surface area contributed by atoms with Gasteiger partial charge in [-0.05, 0) is 35.4 Å². The van der Waals surface area contributed by atoms with E-state index in [4.69, 9.17) is 19.9 Å². The molecule has 43 heavy (non-hydrogen) atoms. The molecule has 0 radical (unpaired) electrons. The second-order valence-electron chi connectivity index (χ2n) is 9.66. The van der Waals surface area contributed by atoms with Crippen LogP contribution < -0.4 is 15.8 Å². The lowest BCUT2D eigenvalue weighted by atomic mass is 10.0. The van der Waals surface area contributed by atoms with E-state index in [0.29, 0.717) is 22.6 Å². The third-order valence-electron chi connectivity index (χ3n) is 6.83. The fraction of sp³-hybridized carbons (Fsp3) is 0.188. The number of carbonyl (C=O) groups is 4. The molecule has 10 nitrogen and oxygen atoms in total. The molecule has 3 amide bonds. The van der Waals surface area contributed by atoms with Crippen LogP contribution in [0.4, 0.5) is 4.79 Å². The predicted octanol–water partition coefficient (Wildman–Crippen LogP) is 3.95. The van der Waals surface area contributed by atoms with Gasteiger partial charge < -0.3 is 25.3 Å². The Labute approximate surface area is 252 Å². The van der Waals surface area contributed by atoms with Gasteiger partial charge in [0.15, 0.2) is 6.10 Å². The molecule has 2 aliphatic heterocycles. The highest BCUT2D eigenvalue weighted by Crippen LogP contribution is 2.41. The van der Waals surface area contributed by atoms with Crippen LogP contribution >= 0.6 is 11.8 Å². The Balaban J connectivity index is 1.43. The Morgan fingerprint density at radius 1 is 1.00 bits per heavy atom. The van der Waals surface area contributed by atoms with Crippen LogP contribution in [0, 0.1) is 0 Å². The van der Waals surface area contributed by atoms with E-state index >= 15 is 0 Å². The number of alkyl carbamates (subject to hydrolysis) is 1. The summed E-state index contributed by atoms with van der Waals surface area (Å²) >= 11 is 1.38. The number of nitrogens with two attached hydrogens (primary N) is 1. The molecular weight excluding hydrogens is 570 g/mol. The average molecular weight is 600 g/mol. The summed E-state index contributed by atoms with van der Waals surface area (Å²) in [5.74, 6) is -0.957. The van der Waals surface area contributed by atoms with Gasteiger partial charge in [-0.15, -0.1) is 11.8 Å². The fourth-order valence-corrected chi connectivity index (χ4v) is 6.05. The summed E-state index contributed by atoms with van der Waals surface area (Å²) in [5.41, 5.74) is 7.78. The second-order valence-corrected chi connectivity index (χ2v) is 10.8. The smallest absolute Gasteiger partial charge is 0.408 e. The summed E-state index contributed by atoms with van der Waals surface area (Å²) in [6, 6.07) is 24.0. The van der Waals surface area contributed by atoms with Gasteiger partial charge in [0.1, 0.15) is 36.1 Å². The summed E-state index contributed by atoms with van der Waals surface area (Å²) < 4.78 is 17.1. The maximum Gasteiger partial charge on any atom is 0.408 e. The molecule has 11 heteroatoms. The zero-order chi connectivity index (χ0) is 30.3. The van der Waals surface area contributed by atoms with Crippen molar-refractivity contribution in [2.24, 2.45) is 5.73 Å². The number of carbonyl (C=O) groups excluding carboxylic acids is 4. The molecule has 3 aromatic carbocycles. The molecule has 0 bridgehead atoms. The first-order chi connectivity index (χ1) is 20.9. The van der Waals surface area contributed by atoms with Crippen molar-refractivity contribution in [1.29, 1.82) is 0 Å². The summed E-state index contributed by atoms with van der Waals surface area (Å²) in [7, 11) is 0. The monoisotopic (exact) mass is 599 g/mol. The number of esters is 1. The normalized spacial score (nSPS) is 17.4. The Morgan fingerprint density at radius 3 is 2.21 bits per heavy atom. The molecule has 3 N–H and O–H groups in total. The highest BCUT2D eigenvalue weighted by molar-refractivity contribution is 8.00. The third-order valence-corrected chi connectivity index (χ3v) is 8.17. The van der Waals surface area contributed by atoms with E-state index in [2.05, 4.69) is 11.9 Å². The molecule has 0 aliphatic carbocycles. The minimum atomic E-state index is -0.882. The molecule has 1 unspecified atom stereocenters. The van der Waals surface area contributed by atoms with Gasteiger partial charge in [-0.2, -0.15) is 0 Å². The van der Waals surface area contributed by atoms with Crippen molar-refractivity contribution in [2.75, 3.05) is 19.0 Å². The van der Waals surface area contributed by atoms with E-state index in [1.54, 1.807) is 12.1 Å². The van der Waals surface area contributed by atoms with Gasteiger partial charge in [0.25, 0.3) is 5.91 Å². The molecule has 2 heterocycles. The Hall–Kier alpha value is -5.03. The number of rotatable bonds is 11. The Morgan fingerprint density at radius 2 is 1.63 bits per heavy atom. The molecule has 0 spiro atoms. The van der Waals surface area contributed by atoms with E-state index in [0.717, 1.165) is 11.1 Å². The lowest BCUT2D eigenvalue weighted by Crippen LogP contribution is -2.70. The van der Waals surface area contributed by atoms with Gasteiger partial charge in [0.05, 0.1) is 0 Å². The number of β-lactam (4-membered cyclic amide) rings is 1. The average Bonchev–Trinajstić information content (AvgIpc) is 3.04. The van der Waals surface area contributed by atoms with Crippen LogP contribution in [0.3, 0.4) is 0 Å². The van der Waals surface area contributed by atoms with E-state index in [-0.39, 0.29) is 18.9 Å². The number of hydrogen-bond acceptors (Lipinski definition) is 8. The van der Waals surface area contributed by atoms with Crippen molar-refractivity contribution in [3.05, 3.63) is 126 Å². The number of fused-ring (bicyclic) bond motifs is 1. The molecule has 1 fully saturated rings. The largest absolute Gasteiger partial charge is 0.489 e. The third kappa shape index (κ3) is 6.57. The molecule has 5 rings (SSSR count). The zero-order valence-corrected chi connectivity index (χ0v) is 23.8. The van der Waals surface area contributed by atoms with Crippen molar-refractivity contribution >= 4 is 35.6 Å². The van der Waals surface area contributed by atoms with E-state index in [1.807, 2.05) is 60.7 Å². The predicted molar refractivity (Wildman–Crippen MR) is 160 cm³/mol. The highest BCUT2D eigenvalue weighted by Gasteiger charge is 2.55. The molecule has 3 aromatic rings. The summed E-state index contributed by atoms with van der Waals surface area (Å²) in [5, 5.41) is 2.03. The first kappa shape index (κ1) is 29.5. The van der Waals surface area contributed by atoms with Crippen LogP contribution in [0.1, 0.15) is 27.6 Å². The lowest BCUT2D eigenvalue weighted by Gasteiger charge is -2.49. The van der Waals surface area contributed by atoms with Crippen LogP contribution in [0.15, 0.2) is 109 Å². The van der Waals surface area contributed by atoms with E-state index in [1.165, 1.54) is 34.9 Å². The number of primary amides is 1. The van der Waals surface area contributed by atoms with Gasteiger partial charge in [-0.1, -0.05) is 73.3 Å². The molecule has 0 aromatic heterocycles. The molecule has 2 aliphatic rings. The second kappa shape index (κ2) is 13.3. The van der Waals surface area contributed by atoms with Gasteiger partial charge in [-0.3, -0.25) is 14.5 Å². The molecule has 220 valence electrons. The SMILES string of the molecule is C=CCOC(=O)NC1C(=O)N2C(C(=O)OC(c3ccccc3)c3ccccc3)=C(COc3ccc(C(N)=O)cc3)CS[C@H]12. The number of nitrogens with zero attached hydrogens (tertiary/aromatic N) is 1. The maximum absolute atomic E-state index is 14.0. The van der Waals surface area contributed by atoms with Gasteiger partial charge >= 0.3 is 12.1 Å². The number of nitrogens with one attached hydrogen (secondary N) is 1. The van der Waals surface area contributed by atoms with Crippen LogP contribution in [0.5, 0.6) is 5.75 Å². The van der Waals surface area contributed by atoms with Gasteiger partial charge in [0, 0.05) is 16.9 Å². The van der Waals surface area contributed by atoms with Gasteiger partial charge in [-0.25, -0.2) is 9.59 Å². The first-order valence-electron chi connectivity index (χ1n) is 13.4. The number of hydrogen-bond donors (Lipinski definition) is 2. The Bertz CT molecular complexity index is 1500. The quantitative estimate of drug-likeness (QED) is 0.192. The van der Waals surface area contributed by atoms with Crippen LogP contribution in [-0.4, -0.2) is 59.2 Å². The topological polar surface area (TPSA) is 137 Å². The maximum atomic E-state index is 14.0. The molecule has 0 saturated carbocycles. The molecule has 1 saturated heterocycles. The van der Waals surface area contributed by atoms with E-state index < -0.39 is 41.4 Å². The van der Waals surface area contributed by atoms with Crippen LogP contribution in [0.2, 0.25) is 0 Å². The number of benzene rings is 3. The van der Waals surface area contributed by atoms with Crippen LogP contribution in [-0.2, 0) is 19.1 Å². The standard InChI is InChI=1S/C32H29N3O7S/c1-2-17-40-32(39)34-25-29(37)35-26(23(19-43-30(25)35)18-41-24-15-13-22(14-16-24)28(33)36)31(38)42-27(20-9-5-3-6-10-20)21-11-7-4-8-12-21/h2-16,25,27,30H,1,17-19H2,(H2,33,36)(H,34,39)/t25?,30-/m1/s1. The fourth-order valence-electron chi connectivity index (χ4n) is 4.72. The van der Waals surface area contributed by atoms with Crippen LogP contribution in [0.25, 0.3) is 0 Å². The summed E-state index contributed by atoms with van der Waals surface area (Å²) in [4.78, 5) is 52.3. The number of thioether (sulfide) groups is 1. The zero-order valence-electron chi connectivity index (χ0n) is 23.0. The number of amides is 3. The van der Waals surface area contributed by atoms with Crippen molar-refractivity contribution in [3.63, 3.8) is 0 Å². The highest BCUT2D eigenvalue weighted by atomic mass is 32.2. The lowest BCUT2D eigenvalue weighted by molar-refractivity contribution is -0.153. The Kier molecular flexibility index (Phi) is 9.11. The molecular formula is C32H29N3O7S. The summed E-state index contributed by atoms with van der Waals surface area (Å²) in [6.45, 7) is 3.48. The van der Waals surface area contributed by atoms with Gasteiger partial charge in [0.2, 0.25) is 5.91 Å². The van der Waals surface area contributed by atoms with Crippen molar-refractivity contribution < 1.29 is 33.4 Å². The van der Waals surface area contributed by atoms with Crippen molar-refractivity contribution in [1.82, 2.24) is 10.2 Å². The van der Waals surface area contributed by atoms with Crippen molar-refractivity contribution in [2.45, 2.75) is 17.5 Å². The first-order valence-corrected chi connectivity index (χ1v) is 14.5.